The zero-order valence-corrected chi connectivity index (χ0v) is 14.9. The van der Waals surface area contributed by atoms with Crippen molar-refractivity contribution in [2.24, 2.45) is 0 Å². The summed E-state index contributed by atoms with van der Waals surface area (Å²) >= 11 is 12.8. The van der Waals surface area contributed by atoms with Crippen LogP contribution in [0.1, 0.15) is 12.6 Å². The molecule has 0 saturated carbocycles. The molecule has 3 nitrogen and oxygen atoms in total. The molecule has 0 bridgehead atoms. The van der Waals surface area contributed by atoms with Crippen LogP contribution in [0.3, 0.4) is 0 Å². The highest BCUT2D eigenvalue weighted by Gasteiger charge is 2.18. The van der Waals surface area contributed by atoms with Gasteiger partial charge in [0.25, 0.3) is 0 Å². The van der Waals surface area contributed by atoms with Crippen LogP contribution < -0.4 is 0 Å². The lowest BCUT2D eigenvalue weighted by Crippen LogP contribution is -1.98. The van der Waals surface area contributed by atoms with Crippen LogP contribution in [0.4, 0.5) is 0 Å². The molecule has 3 heterocycles. The number of hydrogen-bond acceptors (Lipinski definition) is 2. The van der Waals surface area contributed by atoms with E-state index in [1.807, 2.05) is 43.5 Å². The lowest BCUT2D eigenvalue weighted by Gasteiger charge is -2.11. The van der Waals surface area contributed by atoms with Gasteiger partial charge in [-0.3, -0.25) is 4.98 Å². The number of hydrogen-bond donors (Lipinski definition) is 0. The predicted molar refractivity (Wildman–Crippen MR) is 101 cm³/mol. The fourth-order valence-electron chi connectivity index (χ4n) is 3.43. The molecule has 0 unspecified atom stereocenters. The number of rotatable bonds is 2. The summed E-state index contributed by atoms with van der Waals surface area (Å²) in [4.78, 5) is 8.68. The van der Waals surface area contributed by atoms with Crippen molar-refractivity contribution in [2.45, 2.75) is 20.4 Å². The molecule has 24 heavy (non-hydrogen) atoms. The molecular formula is C19H15Cl2N3. The molecule has 0 amide bonds. The van der Waals surface area contributed by atoms with E-state index in [0.29, 0.717) is 10.2 Å². The summed E-state index contributed by atoms with van der Waals surface area (Å²) in [6, 6.07) is 9.88. The summed E-state index contributed by atoms with van der Waals surface area (Å²) in [6.07, 6.45) is 3.53. The highest BCUT2D eigenvalue weighted by Crippen LogP contribution is 2.40. The Balaban J connectivity index is 2.26. The Morgan fingerprint density at radius 2 is 1.79 bits per heavy atom. The Labute approximate surface area is 149 Å². The van der Waals surface area contributed by atoms with E-state index in [9.17, 15) is 0 Å². The molecule has 0 aliphatic rings. The Bertz CT molecular complexity index is 1080. The minimum absolute atomic E-state index is 0.476. The maximum Gasteiger partial charge on any atom is 0.136 e. The van der Waals surface area contributed by atoms with Crippen LogP contribution in [0.15, 0.2) is 42.7 Å². The van der Waals surface area contributed by atoms with Gasteiger partial charge in [0.05, 0.1) is 16.7 Å². The van der Waals surface area contributed by atoms with Crippen LogP contribution in [-0.4, -0.2) is 14.5 Å². The molecule has 0 atom stereocenters. The quantitative estimate of drug-likeness (QED) is 0.420. The molecule has 0 saturated heterocycles. The van der Waals surface area contributed by atoms with Crippen LogP contribution >= 0.6 is 23.2 Å². The number of nitrogens with zero attached hydrogens (tertiary/aromatic N) is 3. The first-order valence-electron chi connectivity index (χ1n) is 7.79. The smallest absolute Gasteiger partial charge is 0.136 e. The SMILES string of the molecule is CCn1c2c(-c3cccnc3Cl)cc(Cl)cc2c2ccnc(C)c21. The molecule has 120 valence electrons. The van der Waals surface area contributed by atoms with Crippen molar-refractivity contribution in [1.82, 2.24) is 14.5 Å². The van der Waals surface area contributed by atoms with Gasteiger partial charge in [0, 0.05) is 45.9 Å². The molecule has 3 aromatic heterocycles. The van der Waals surface area contributed by atoms with E-state index in [1.54, 1.807) is 6.20 Å². The summed E-state index contributed by atoms with van der Waals surface area (Å²) in [6.45, 7) is 5.00. The van der Waals surface area contributed by atoms with Gasteiger partial charge in [-0.05, 0) is 44.2 Å². The van der Waals surface area contributed by atoms with Gasteiger partial charge >= 0.3 is 0 Å². The minimum Gasteiger partial charge on any atom is -0.339 e. The fourth-order valence-corrected chi connectivity index (χ4v) is 3.87. The van der Waals surface area contributed by atoms with E-state index in [0.717, 1.165) is 45.2 Å². The molecule has 0 fully saturated rings. The fraction of sp³-hybridized carbons (Fsp3) is 0.158. The average Bonchev–Trinajstić information content (AvgIpc) is 2.90. The van der Waals surface area contributed by atoms with Gasteiger partial charge < -0.3 is 4.57 Å². The Morgan fingerprint density at radius 3 is 2.54 bits per heavy atom. The number of pyridine rings is 2. The zero-order valence-electron chi connectivity index (χ0n) is 13.3. The molecule has 0 spiro atoms. The van der Waals surface area contributed by atoms with E-state index in [4.69, 9.17) is 23.2 Å². The van der Waals surface area contributed by atoms with Crippen molar-refractivity contribution in [3.63, 3.8) is 0 Å². The van der Waals surface area contributed by atoms with Crippen molar-refractivity contribution in [2.75, 3.05) is 0 Å². The normalized spacial score (nSPS) is 11.5. The van der Waals surface area contributed by atoms with Crippen LogP contribution in [0.2, 0.25) is 10.2 Å². The van der Waals surface area contributed by atoms with Gasteiger partial charge in [0.15, 0.2) is 0 Å². The third-order valence-electron chi connectivity index (χ3n) is 4.38. The summed E-state index contributed by atoms with van der Waals surface area (Å²) in [5.41, 5.74) is 5.13. The van der Waals surface area contributed by atoms with E-state index in [1.165, 1.54) is 0 Å². The molecular weight excluding hydrogens is 341 g/mol. The first kappa shape index (κ1) is 15.4. The van der Waals surface area contributed by atoms with E-state index < -0.39 is 0 Å². The van der Waals surface area contributed by atoms with Crippen molar-refractivity contribution in [1.29, 1.82) is 0 Å². The first-order valence-corrected chi connectivity index (χ1v) is 8.55. The van der Waals surface area contributed by atoms with Crippen molar-refractivity contribution < 1.29 is 0 Å². The van der Waals surface area contributed by atoms with Gasteiger partial charge in [0.1, 0.15) is 5.15 Å². The standard InChI is InChI=1S/C19H15Cl2N3/c1-3-24-17-11(2)22-8-6-13(17)15-9-12(20)10-16(18(15)24)14-5-4-7-23-19(14)21/h4-10H,3H2,1-2H3. The minimum atomic E-state index is 0.476. The summed E-state index contributed by atoms with van der Waals surface area (Å²) in [7, 11) is 0. The van der Waals surface area contributed by atoms with Gasteiger partial charge in [-0.1, -0.05) is 23.2 Å². The third kappa shape index (κ3) is 2.20. The van der Waals surface area contributed by atoms with Crippen LogP contribution in [-0.2, 0) is 6.54 Å². The van der Waals surface area contributed by atoms with Crippen LogP contribution in [0.5, 0.6) is 0 Å². The predicted octanol–water partition coefficient (Wildman–Crippen LogP) is 5.89. The Hall–Kier alpha value is -2.10. The summed E-state index contributed by atoms with van der Waals surface area (Å²) < 4.78 is 2.28. The highest BCUT2D eigenvalue weighted by molar-refractivity contribution is 6.34. The molecule has 4 aromatic rings. The molecule has 4 rings (SSSR count). The van der Waals surface area contributed by atoms with Crippen molar-refractivity contribution in [3.8, 4) is 11.1 Å². The molecule has 0 aliphatic heterocycles. The van der Waals surface area contributed by atoms with Crippen LogP contribution in [0, 0.1) is 6.92 Å². The number of halogens is 2. The molecule has 5 heteroatoms. The van der Waals surface area contributed by atoms with Crippen molar-refractivity contribution in [3.05, 3.63) is 58.6 Å². The largest absolute Gasteiger partial charge is 0.339 e. The average molecular weight is 356 g/mol. The number of fused-ring (bicyclic) bond motifs is 3. The second kappa shape index (κ2) is 5.76. The van der Waals surface area contributed by atoms with Gasteiger partial charge in [-0.15, -0.1) is 0 Å². The van der Waals surface area contributed by atoms with E-state index in [-0.39, 0.29) is 0 Å². The number of aromatic nitrogens is 3. The molecule has 0 N–H and O–H groups in total. The second-order valence-electron chi connectivity index (χ2n) is 5.73. The maximum absolute atomic E-state index is 6.43. The number of aryl methyl sites for hydroxylation is 2. The second-order valence-corrected chi connectivity index (χ2v) is 6.52. The molecule has 0 aliphatic carbocycles. The lowest BCUT2D eigenvalue weighted by molar-refractivity contribution is 0.822. The monoisotopic (exact) mass is 355 g/mol. The number of benzene rings is 1. The van der Waals surface area contributed by atoms with E-state index in [2.05, 4.69) is 21.5 Å². The Kier molecular flexibility index (Phi) is 3.70. The van der Waals surface area contributed by atoms with Gasteiger partial charge in [-0.25, -0.2) is 4.98 Å². The van der Waals surface area contributed by atoms with Crippen molar-refractivity contribution >= 4 is 45.0 Å². The third-order valence-corrected chi connectivity index (χ3v) is 4.90. The summed E-state index contributed by atoms with van der Waals surface area (Å²) in [5, 5.41) is 3.42. The highest BCUT2D eigenvalue weighted by atomic mass is 35.5. The molecule has 0 radical (unpaired) electrons. The summed E-state index contributed by atoms with van der Waals surface area (Å²) in [5.74, 6) is 0. The zero-order chi connectivity index (χ0) is 16.8. The van der Waals surface area contributed by atoms with Gasteiger partial charge in [-0.2, -0.15) is 0 Å². The lowest BCUT2D eigenvalue weighted by atomic mass is 10.0. The Morgan fingerprint density at radius 1 is 0.958 bits per heavy atom. The maximum atomic E-state index is 6.43. The first-order chi connectivity index (χ1) is 11.6. The van der Waals surface area contributed by atoms with Crippen LogP contribution in [0.25, 0.3) is 32.9 Å². The molecule has 1 aromatic carbocycles. The topological polar surface area (TPSA) is 30.7 Å². The van der Waals surface area contributed by atoms with E-state index >= 15 is 0 Å². The van der Waals surface area contributed by atoms with Gasteiger partial charge in [0.2, 0.25) is 0 Å².